The number of hydrogen-bond acceptors (Lipinski definition) is 5. The van der Waals surface area contributed by atoms with Crippen LogP contribution in [0.4, 0.5) is 0 Å². The first-order chi connectivity index (χ1) is 24.7. The van der Waals surface area contributed by atoms with E-state index in [9.17, 15) is 4.79 Å². The Hall–Kier alpha value is -1.44. The van der Waals surface area contributed by atoms with Crippen molar-refractivity contribution in [3.8, 4) is 0 Å². The maximum absolute atomic E-state index is 12.3. The molecule has 0 bridgehead atoms. The molecule has 0 aromatic carbocycles. The van der Waals surface area contributed by atoms with Gasteiger partial charge in [0.05, 0.1) is 19.0 Å². The Kier molecular flexibility index (Phi) is 34.8. The zero-order chi connectivity index (χ0) is 36.0. The van der Waals surface area contributed by atoms with Gasteiger partial charge in [0.25, 0.3) is 0 Å². The molecule has 0 saturated heterocycles. The van der Waals surface area contributed by atoms with Crippen LogP contribution in [0, 0.1) is 0 Å². The summed E-state index contributed by atoms with van der Waals surface area (Å²) < 4.78 is 5.88. The number of amides is 1. The van der Waals surface area contributed by atoms with Gasteiger partial charge >= 0.3 is 0 Å². The van der Waals surface area contributed by atoms with Gasteiger partial charge in [-0.1, -0.05) is 181 Å². The van der Waals surface area contributed by atoms with E-state index >= 15 is 0 Å². The predicted octanol–water partition coefficient (Wildman–Crippen LogP) is 11.1. The number of ether oxygens (including phenoxy) is 1. The maximum atomic E-state index is 12.3. The Bertz CT molecular complexity index is 773. The number of nitrogens with two attached hydrogens (primary N) is 1. The molecule has 0 aliphatic heterocycles. The smallest absolute Gasteiger partial charge is 0.237 e. The molecule has 50 heavy (non-hydrogen) atoms. The highest BCUT2D eigenvalue weighted by Crippen LogP contribution is 2.15. The molecule has 4 N–H and O–H groups in total. The molecule has 7 nitrogen and oxygen atoms in total. The van der Waals surface area contributed by atoms with Crippen LogP contribution in [-0.4, -0.2) is 66.2 Å². The van der Waals surface area contributed by atoms with Gasteiger partial charge < -0.3 is 25.7 Å². The lowest BCUT2D eigenvalue weighted by molar-refractivity contribution is -0.122. The van der Waals surface area contributed by atoms with Gasteiger partial charge in [0, 0.05) is 38.0 Å². The summed E-state index contributed by atoms with van der Waals surface area (Å²) in [7, 11) is 0. The lowest BCUT2D eigenvalue weighted by Gasteiger charge is -2.22. The summed E-state index contributed by atoms with van der Waals surface area (Å²) in [5.41, 5.74) is 6.89. The van der Waals surface area contributed by atoms with E-state index in [4.69, 9.17) is 10.5 Å². The minimum atomic E-state index is -0.575. The minimum Gasteiger partial charge on any atom is -0.380 e. The van der Waals surface area contributed by atoms with Crippen LogP contribution in [0.3, 0.4) is 0 Å². The van der Waals surface area contributed by atoms with Gasteiger partial charge in [-0.3, -0.25) is 4.79 Å². The van der Waals surface area contributed by atoms with E-state index in [0.29, 0.717) is 19.6 Å². The van der Waals surface area contributed by atoms with Gasteiger partial charge in [-0.25, -0.2) is 4.98 Å². The molecule has 0 aliphatic carbocycles. The zero-order valence-corrected chi connectivity index (χ0v) is 33.5. The monoisotopic (exact) mass is 704 g/mol. The van der Waals surface area contributed by atoms with Crippen molar-refractivity contribution >= 4 is 5.91 Å². The molecule has 0 spiro atoms. The Labute approximate surface area is 310 Å². The van der Waals surface area contributed by atoms with E-state index in [1.54, 1.807) is 12.5 Å². The van der Waals surface area contributed by atoms with Gasteiger partial charge in [0.2, 0.25) is 5.91 Å². The summed E-state index contributed by atoms with van der Waals surface area (Å²) >= 11 is 0. The number of hydrogen-bond donors (Lipinski definition) is 3. The molecule has 0 radical (unpaired) electrons. The largest absolute Gasteiger partial charge is 0.380 e. The molecule has 1 aromatic rings. The molecule has 1 unspecified atom stereocenters. The van der Waals surface area contributed by atoms with E-state index in [1.165, 1.54) is 193 Å². The van der Waals surface area contributed by atoms with E-state index in [-0.39, 0.29) is 5.91 Å². The Balaban J connectivity index is 2.14. The molecule has 1 heterocycles. The second-order valence-electron chi connectivity index (χ2n) is 15.2. The molecule has 1 aromatic heterocycles. The second kappa shape index (κ2) is 37.3. The van der Waals surface area contributed by atoms with E-state index < -0.39 is 6.04 Å². The minimum absolute atomic E-state index is 0.143. The maximum Gasteiger partial charge on any atom is 0.237 e. The van der Waals surface area contributed by atoms with Gasteiger partial charge in [-0.05, 0) is 32.4 Å². The molecule has 0 saturated carbocycles. The molecule has 7 heteroatoms. The van der Waals surface area contributed by atoms with Crippen LogP contribution in [0.1, 0.15) is 206 Å². The highest BCUT2D eigenvalue weighted by Gasteiger charge is 2.14. The second-order valence-corrected chi connectivity index (χ2v) is 15.2. The number of carbonyl (C=O) groups excluding carboxylic acids is 1. The Morgan fingerprint density at radius 3 is 1.44 bits per heavy atom. The van der Waals surface area contributed by atoms with Crippen molar-refractivity contribution in [2.75, 3.05) is 39.4 Å². The topological polar surface area (TPSA) is 96.3 Å². The van der Waals surface area contributed by atoms with Gasteiger partial charge in [0.15, 0.2) is 0 Å². The summed E-state index contributed by atoms with van der Waals surface area (Å²) in [5, 5.41) is 2.90. The fraction of sp³-hybridized carbons (Fsp3) is 0.907. The van der Waals surface area contributed by atoms with Crippen molar-refractivity contribution in [3.63, 3.8) is 0 Å². The number of aromatic amines is 1. The molecule has 1 amide bonds. The van der Waals surface area contributed by atoms with Crippen LogP contribution in [0.5, 0.6) is 0 Å². The van der Waals surface area contributed by atoms with Crippen LogP contribution >= 0.6 is 0 Å². The number of imidazole rings is 1. The average molecular weight is 704 g/mol. The van der Waals surface area contributed by atoms with E-state index in [2.05, 4.69) is 34.0 Å². The van der Waals surface area contributed by atoms with Gasteiger partial charge in [-0.15, -0.1) is 0 Å². The summed E-state index contributed by atoms with van der Waals surface area (Å²) in [6.45, 7) is 9.92. The zero-order valence-electron chi connectivity index (χ0n) is 33.5. The number of aromatic nitrogens is 2. The summed E-state index contributed by atoms with van der Waals surface area (Å²) in [6.07, 6.45) is 44.4. The Morgan fingerprint density at radius 2 is 1.04 bits per heavy atom. The molecular weight excluding hydrogens is 619 g/mol. The molecule has 1 rings (SSSR count). The summed E-state index contributed by atoms with van der Waals surface area (Å²) in [6, 6.07) is -0.575. The quantitative estimate of drug-likeness (QED) is 0.0591. The molecule has 0 fully saturated rings. The average Bonchev–Trinajstić information content (AvgIpc) is 3.64. The first-order valence-corrected chi connectivity index (χ1v) is 22.0. The fourth-order valence-corrected chi connectivity index (χ4v) is 6.99. The van der Waals surface area contributed by atoms with E-state index in [0.717, 1.165) is 25.3 Å². The molecule has 294 valence electrons. The van der Waals surface area contributed by atoms with Crippen molar-refractivity contribution in [3.05, 3.63) is 18.2 Å². The number of nitrogens with zero attached hydrogens (tertiary/aromatic N) is 2. The van der Waals surface area contributed by atoms with Crippen LogP contribution in [0.15, 0.2) is 12.5 Å². The summed E-state index contributed by atoms with van der Waals surface area (Å²) in [4.78, 5) is 21.9. The standard InChI is InChI=1S/C43H85N5O2/c1-3-5-7-9-11-13-15-17-19-21-23-25-27-29-33-48(34-30-28-26-24-22-20-18-16-14-12-10-8-6-4-2)35-31-36-50-37-32-46-43(49)42(44)38-41-39-45-40-47-41/h39-40,42H,3-38,44H2,1-2H3,(H,45,47)(H,46,49). The highest BCUT2D eigenvalue weighted by atomic mass is 16.5. The van der Waals surface area contributed by atoms with Crippen LogP contribution < -0.4 is 11.1 Å². The lowest BCUT2D eigenvalue weighted by Crippen LogP contribution is -2.43. The number of H-pyrrole nitrogens is 1. The summed E-state index contributed by atoms with van der Waals surface area (Å²) in [5.74, 6) is -0.143. The van der Waals surface area contributed by atoms with Crippen LogP contribution in [0.25, 0.3) is 0 Å². The van der Waals surface area contributed by atoms with Gasteiger partial charge in [0.1, 0.15) is 0 Å². The fourth-order valence-electron chi connectivity index (χ4n) is 6.99. The number of carbonyl (C=O) groups is 1. The number of unbranched alkanes of at least 4 members (excludes halogenated alkanes) is 26. The SMILES string of the molecule is CCCCCCCCCCCCCCCCN(CCCCCCCCCCCCCCCC)CCCOCCNC(=O)C(N)Cc1cnc[nH]1. The normalized spacial score (nSPS) is 12.2. The third-order valence-electron chi connectivity index (χ3n) is 10.3. The molecule has 0 aliphatic rings. The third kappa shape index (κ3) is 31.3. The first kappa shape index (κ1) is 46.6. The van der Waals surface area contributed by atoms with Gasteiger partial charge in [-0.2, -0.15) is 0 Å². The first-order valence-electron chi connectivity index (χ1n) is 22.0. The molecular formula is C43H85N5O2. The van der Waals surface area contributed by atoms with Crippen molar-refractivity contribution < 1.29 is 9.53 Å². The van der Waals surface area contributed by atoms with Crippen molar-refractivity contribution in [2.45, 2.75) is 213 Å². The highest BCUT2D eigenvalue weighted by molar-refractivity contribution is 5.81. The Morgan fingerprint density at radius 1 is 0.640 bits per heavy atom. The number of rotatable bonds is 40. The number of nitrogens with one attached hydrogen (secondary N) is 2. The van der Waals surface area contributed by atoms with Crippen molar-refractivity contribution in [1.82, 2.24) is 20.2 Å². The van der Waals surface area contributed by atoms with Crippen molar-refractivity contribution in [2.24, 2.45) is 5.73 Å². The van der Waals surface area contributed by atoms with Crippen molar-refractivity contribution in [1.29, 1.82) is 0 Å². The molecule has 1 atom stereocenters. The predicted molar refractivity (Wildman–Crippen MR) is 216 cm³/mol. The van der Waals surface area contributed by atoms with Crippen LogP contribution in [0.2, 0.25) is 0 Å². The lowest BCUT2D eigenvalue weighted by atomic mass is 10.0. The third-order valence-corrected chi connectivity index (χ3v) is 10.3. The van der Waals surface area contributed by atoms with Crippen LogP contribution in [-0.2, 0) is 16.0 Å². The van der Waals surface area contributed by atoms with E-state index in [1.807, 2.05) is 0 Å².